The van der Waals surface area contributed by atoms with Crippen LogP contribution in [0.4, 0.5) is 5.69 Å². The molecule has 0 saturated heterocycles. The normalized spacial score (nSPS) is 15.1. The van der Waals surface area contributed by atoms with Gasteiger partial charge in [-0.15, -0.1) is 0 Å². The van der Waals surface area contributed by atoms with E-state index in [1.54, 1.807) is 17.8 Å². The quantitative estimate of drug-likeness (QED) is 0.805. The number of ketones is 1. The van der Waals surface area contributed by atoms with Gasteiger partial charge in [-0.25, -0.2) is 0 Å². The zero-order chi connectivity index (χ0) is 14.7. The minimum absolute atomic E-state index is 0.0407. The number of thioether (sulfide) groups is 1. The second-order valence-electron chi connectivity index (χ2n) is 4.68. The second kappa shape index (κ2) is 6.06. The summed E-state index contributed by atoms with van der Waals surface area (Å²) in [5.41, 5.74) is 1.13. The first-order valence-corrected chi connectivity index (χ1v) is 7.49. The van der Waals surface area contributed by atoms with Crippen molar-refractivity contribution in [2.45, 2.75) is 4.90 Å². The first-order chi connectivity index (χ1) is 10.2. The van der Waals surface area contributed by atoms with Crippen LogP contribution in [-0.4, -0.2) is 19.4 Å². The van der Waals surface area contributed by atoms with E-state index in [4.69, 9.17) is 4.74 Å². The van der Waals surface area contributed by atoms with Gasteiger partial charge in [0.1, 0.15) is 5.75 Å². The van der Waals surface area contributed by atoms with E-state index in [9.17, 15) is 4.79 Å². The zero-order valence-corrected chi connectivity index (χ0v) is 12.5. The summed E-state index contributed by atoms with van der Waals surface area (Å²) in [5.74, 6) is 0.668. The summed E-state index contributed by atoms with van der Waals surface area (Å²) >= 11 is 1.60. The molecule has 0 atom stereocenters. The molecule has 0 spiro atoms. The van der Waals surface area contributed by atoms with Crippen molar-refractivity contribution in [1.29, 1.82) is 0 Å². The van der Waals surface area contributed by atoms with Gasteiger partial charge in [-0.3, -0.25) is 4.79 Å². The number of fused-ring (bicyclic) bond motifs is 1. The van der Waals surface area contributed by atoms with E-state index >= 15 is 0 Å². The molecular weight excluding hydrogens is 282 g/mol. The first-order valence-electron chi connectivity index (χ1n) is 6.67. The van der Waals surface area contributed by atoms with Gasteiger partial charge in [0.2, 0.25) is 0 Å². The average molecular weight is 297 g/mol. The molecule has 2 aromatic carbocycles. The summed E-state index contributed by atoms with van der Waals surface area (Å²) < 4.78 is 5.47. The molecule has 0 aliphatic carbocycles. The maximum atomic E-state index is 12.0. The van der Waals surface area contributed by atoms with Crippen molar-refractivity contribution in [3.8, 4) is 5.75 Å². The highest BCUT2D eigenvalue weighted by atomic mass is 32.2. The molecule has 0 radical (unpaired) electrons. The van der Waals surface area contributed by atoms with E-state index in [-0.39, 0.29) is 12.4 Å². The Labute approximate surface area is 128 Å². The van der Waals surface area contributed by atoms with Crippen LogP contribution < -0.4 is 9.64 Å². The van der Waals surface area contributed by atoms with Gasteiger partial charge in [0, 0.05) is 18.0 Å². The fourth-order valence-corrected chi connectivity index (χ4v) is 3.20. The summed E-state index contributed by atoms with van der Waals surface area (Å²) in [6.45, 7) is 0.0538. The Morgan fingerprint density at radius 2 is 1.86 bits per heavy atom. The zero-order valence-electron chi connectivity index (χ0n) is 11.7. The summed E-state index contributed by atoms with van der Waals surface area (Å²) in [6, 6.07) is 17.5. The SMILES string of the molecule is CN1/C(=C/C(=O)COc2ccccc2)Sc2ccccc21. The maximum absolute atomic E-state index is 12.0. The van der Waals surface area contributed by atoms with Gasteiger partial charge >= 0.3 is 0 Å². The number of carbonyl (C=O) groups excluding carboxylic acids is 1. The Balaban J connectivity index is 1.65. The Morgan fingerprint density at radius 3 is 2.62 bits per heavy atom. The van der Waals surface area contributed by atoms with Crippen LogP contribution in [0.2, 0.25) is 0 Å². The lowest BCUT2D eigenvalue weighted by atomic mass is 10.3. The third-order valence-corrected chi connectivity index (χ3v) is 4.35. The summed E-state index contributed by atoms with van der Waals surface area (Å²) in [7, 11) is 1.97. The monoisotopic (exact) mass is 297 g/mol. The Kier molecular flexibility index (Phi) is 3.97. The van der Waals surface area contributed by atoms with E-state index in [1.807, 2.05) is 60.5 Å². The largest absolute Gasteiger partial charge is 0.485 e. The minimum atomic E-state index is -0.0407. The molecule has 0 fully saturated rings. The molecule has 106 valence electrons. The van der Waals surface area contributed by atoms with E-state index in [0.717, 1.165) is 10.7 Å². The fourth-order valence-electron chi connectivity index (χ4n) is 2.10. The molecule has 0 saturated carbocycles. The van der Waals surface area contributed by atoms with Crippen LogP contribution in [0.25, 0.3) is 0 Å². The third kappa shape index (κ3) is 3.11. The lowest BCUT2D eigenvalue weighted by molar-refractivity contribution is -0.116. The lowest BCUT2D eigenvalue weighted by Crippen LogP contribution is -2.14. The van der Waals surface area contributed by atoms with Gasteiger partial charge in [-0.05, 0) is 24.3 Å². The molecule has 1 aliphatic heterocycles. The molecule has 2 aromatic rings. The predicted octanol–water partition coefficient (Wildman–Crippen LogP) is 3.72. The number of hydrogen-bond acceptors (Lipinski definition) is 4. The Hall–Kier alpha value is -2.20. The van der Waals surface area contributed by atoms with E-state index < -0.39 is 0 Å². The van der Waals surface area contributed by atoms with E-state index in [1.165, 1.54) is 4.90 Å². The number of anilines is 1. The lowest BCUT2D eigenvalue weighted by Gasteiger charge is -2.13. The smallest absolute Gasteiger partial charge is 0.195 e. The van der Waals surface area contributed by atoms with Crippen molar-refractivity contribution in [3.63, 3.8) is 0 Å². The van der Waals surface area contributed by atoms with Gasteiger partial charge in [0.15, 0.2) is 12.4 Å². The minimum Gasteiger partial charge on any atom is -0.485 e. The van der Waals surface area contributed by atoms with E-state index in [2.05, 4.69) is 6.07 Å². The van der Waals surface area contributed by atoms with Crippen molar-refractivity contribution >= 4 is 23.2 Å². The van der Waals surface area contributed by atoms with Crippen LogP contribution in [0.5, 0.6) is 5.75 Å². The molecule has 0 amide bonds. The van der Waals surface area contributed by atoms with Crippen molar-refractivity contribution in [1.82, 2.24) is 0 Å². The van der Waals surface area contributed by atoms with Crippen LogP contribution in [0.3, 0.4) is 0 Å². The third-order valence-electron chi connectivity index (χ3n) is 3.18. The van der Waals surface area contributed by atoms with Crippen LogP contribution in [0.15, 0.2) is 70.6 Å². The van der Waals surface area contributed by atoms with Gasteiger partial charge < -0.3 is 9.64 Å². The molecular formula is C17H15NO2S. The number of nitrogens with zero attached hydrogens (tertiary/aromatic N) is 1. The standard InChI is InChI=1S/C17H15NO2S/c1-18-15-9-5-6-10-16(15)21-17(18)11-13(19)12-20-14-7-3-2-4-8-14/h2-11H,12H2,1H3/b17-11-. The fraction of sp³-hybridized carbons (Fsp3) is 0.118. The first kappa shape index (κ1) is 13.8. The highest BCUT2D eigenvalue weighted by molar-refractivity contribution is 8.03. The van der Waals surface area contributed by atoms with E-state index in [0.29, 0.717) is 5.75 Å². The van der Waals surface area contributed by atoms with Crippen LogP contribution in [0.1, 0.15) is 0 Å². The van der Waals surface area contributed by atoms with Crippen LogP contribution >= 0.6 is 11.8 Å². The van der Waals surface area contributed by atoms with Gasteiger partial charge in [-0.2, -0.15) is 0 Å². The molecule has 3 rings (SSSR count). The van der Waals surface area contributed by atoms with Crippen molar-refractivity contribution in [3.05, 3.63) is 65.7 Å². The molecule has 21 heavy (non-hydrogen) atoms. The van der Waals surface area contributed by atoms with Gasteiger partial charge in [-0.1, -0.05) is 42.1 Å². The van der Waals surface area contributed by atoms with Crippen LogP contribution in [0, 0.1) is 0 Å². The Morgan fingerprint density at radius 1 is 1.14 bits per heavy atom. The van der Waals surface area contributed by atoms with Crippen LogP contribution in [-0.2, 0) is 4.79 Å². The Bertz CT molecular complexity index is 682. The van der Waals surface area contributed by atoms with Gasteiger partial charge in [0.25, 0.3) is 0 Å². The highest BCUT2D eigenvalue weighted by Gasteiger charge is 2.21. The summed E-state index contributed by atoms with van der Waals surface area (Å²) in [5, 5.41) is 0.929. The summed E-state index contributed by atoms with van der Waals surface area (Å²) in [4.78, 5) is 15.2. The topological polar surface area (TPSA) is 29.5 Å². The summed E-state index contributed by atoms with van der Waals surface area (Å²) in [6.07, 6.45) is 1.65. The molecule has 4 heteroatoms. The number of rotatable bonds is 4. The molecule has 3 nitrogen and oxygen atoms in total. The number of benzene rings is 2. The molecule has 0 unspecified atom stereocenters. The van der Waals surface area contributed by atoms with Crippen molar-refractivity contribution in [2.75, 3.05) is 18.6 Å². The molecule has 0 bridgehead atoms. The highest BCUT2D eigenvalue weighted by Crippen LogP contribution is 2.44. The average Bonchev–Trinajstić information content (AvgIpc) is 2.83. The van der Waals surface area contributed by atoms with Crippen molar-refractivity contribution < 1.29 is 9.53 Å². The number of carbonyl (C=O) groups is 1. The number of ether oxygens (including phenoxy) is 1. The number of para-hydroxylation sites is 2. The second-order valence-corrected chi connectivity index (χ2v) is 5.74. The maximum Gasteiger partial charge on any atom is 0.195 e. The molecule has 1 aliphatic rings. The molecule has 1 heterocycles. The molecule has 0 aromatic heterocycles. The predicted molar refractivity (Wildman–Crippen MR) is 85.7 cm³/mol. The molecule has 0 N–H and O–H groups in total. The number of hydrogen-bond donors (Lipinski definition) is 0. The van der Waals surface area contributed by atoms with Crippen molar-refractivity contribution in [2.24, 2.45) is 0 Å². The van der Waals surface area contributed by atoms with Gasteiger partial charge in [0.05, 0.1) is 10.7 Å².